The first kappa shape index (κ1) is 13.6. The lowest BCUT2D eigenvalue weighted by Crippen LogP contribution is -1.98. The maximum Gasteiger partial charge on any atom is 0.119 e. The lowest BCUT2D eigenvalue weighted by atomic mass is 10.1. The van der Waals surface area contributed by atoms with Gasteiger partial charge in [0, 0.05) is 10.0 Å². The van der Waals surface area contributed by atoms with E-state index in [4.69, 9.17) is 9.94 Å². The lowest BCUT2D eigenvalue weighted by Gasteiger charge is -2.08. The van der Waals surface area contributed by atoms with E-state index in [1.54, 1.807) is 6.92 Å². The van der Waals surface area contributed by atoms with Crippen LogP contribution in [0.4, 0.5) is 0 Å². The van der Waals surface area contributed by atoms with Gasteiger partial charge in [0.2, 0.25) is 0 Å². The standard InChI is InChI=1S/C15H14BrNO2/c1-11(17-18)12-6-8-14(9-7-12)19-10-13-4-2-3-5-15(13)16/h2-9,18H,10H2,1H3/b17-11+. The Balaban J connectivity index is 2.03. The van der Waals surface area contributed by atoms with Gasteiger partial charge in [0.1, 0.15) is 12.4 Å². The van der Waals surface area contributed by atoms with Crippen molar-refractivity contribution in [1.29, 1.82) is 0 Å². The van der Waals surface area contributed by atoms with Crippen LogP contribution in [-0.2, 0) is 6.61 Å². The Morgan fingerprint density at radius 3 is 2.47 bits per heavy atom. The molecule has 0 saturated heterocycles. The number of rotatable bonds is 4. The van der Waals surface area contributed by atoms with Crippen LogP contribution < -0.4 is 4.74 Å². The van der Waals surface area contributed by atoms with Crippen molar-refractivity contribution in [3.8, 4) is 5.75 Å². The summed E-state index contributed by atoms with van der Waals surface area (Å²) < 4.78 is 6.75. The van der Waals surface area contributed by atoms with Gasteiger partial charge in [-0.25, -0.2) is 0 Å². The molecule has 0 bridgehead atoms. The summed E-state index contributed by atoms with van der Waals surface area (Å²) in [7, 11) is 0. The molecule has 0 atom stereocenters. The molecular weight excluding hydrogens is 306 g/mol. The average Bonchev–Trinajstić information content (AvgIpc) is 2.46. The first-order valence-corrected chi connectivity index (χ1v) is 6.65. The molecule has 0 aliphatic rings. The minimum Gasteiger partial charge on any atom is -0.489 e. The summed E-state index contributed by atoms with van der Waals surface area (Å²) >= 11 is 3.49. The number of nitrogens with zero attached hydrogens (tertiary/aromatic N) is 1. The summed E-state index contributed by atoms with van der Waals surface area (Å²) in [4.78, 5) is 0. The highest BCUT2D eigenvalue weighted by Crippen LogP contribution is 2.19. The molecule has 0 aliphatic heterocycles. The molecule has 98 valence electrons. The van der Waals surface area contributed by atoms with Crippen molar-refractivity contribution in [3.63, 3.8) is 0 Å². The van der Waals surface area contributed by atoms with Gasteiger partial charge in [0.15, 0.2) is 0 Å². The second-order valence-corrected chi connectivity index (χ2v) is 4.94. The fourth-order valence-electron chi connectivity index (χ4n) is 1.63. The van der Waals surface area contributed by atoms with Crippen molar-refractivity contribution in [3.05, 3.63) is 64.1 Å². The normalized spacial score (nSPS) is 11.4. The van der Waals surface area contributed by atoms with E-state index in [0.29, 0.717) is 12.3 Å². The molecule has 19 heavy (non-hydrogen) atoms. The van der Waals surface area contributed by atoms with Gasteiger partial charge in [-0.1, -0.05) is 39.3 Å². The van der Waals surface area contributed by atoms with Crippen molar-refractivity contribution in [2.45, 2.75) is 13.5 Å². The average molecular weight is 320 g/mol. The molecule has 2 aromatic rings. The van der Waals surface area contributed by atoms with Crippen molar-refractivity contribution < 1.29 is 9.94 Å². The highest BCUT2D eigenvalue weighted by atomic mass is 79.9. The van der Waals surface area contributed by atoms with E-state index in [1.165, 1.54) is 0 Å². The quantitative estimate of drug-likeness (QED) is 0.520. The van der Waals surface area contributed by atoms with Crippen molar-refractivity contribution in [2.24, 2.45) is 5.16 Å². The maximum absolute atomic E-state index is 8.69. The van der Waals surface area contributed by atoms with Crippen molar-refractivity contribution in [2.75, 3.05) is 0 Å². The van der Waals surface area contributed by atoms with E-state index in [2.05, 4.69) is 21.1 Å². The van der Waals surface area contributed by atoms with Gasteiger partial charge >= 0.3 is 0 Å². The molecule has 0 heterocycles. The van der Waals surface area contributed by atoms with Gasteiger partial charge < -0.3 is 9.94 Å². The SMILES string of the molecule is C/C(=N\O)c1ccc(OCc2ccccc2Br)cc1. The molecule has 0 radical (unpaired) electrons. The van der Waals surface area contributed by atoms with Crippen molar-refractivity contribution >= 4 is 21.6 Å². The Hall–Kier alpha value is -1.81. The lowest BCUT2D eigenvalue weighted by molar-refractivity contribution is 0.305. The first-order valence-electron chi connectivity index (χ1n) is 5.86. The molecule has 0 aromatic heterocycles. The number of hydrogen-bond acceptors (Lipinski definition) is 3. The van der Waals surface area contributed by atoms with Crippen LogP contribution in [0.3, 0.4) is 0 Å². The summed E-state index contributed by atoms with van der Waals surface area (Å²) in [5.41, 5.74) is 2.55. The second kappa shape index (κ2) is 6.38. The summed E-state index contributed by atoms with van der Waals surface area (Å²) in [6.45, 7) is 2.25. The van der Waals surface area contributed by atoms with Crippen LogP contribution in [0.5, 0.6) is 5.75 Å². The third kappa shape index (κ3) is 3.58. The predicted octanol–water partition coefficient (Wildman–Crippen LogP) is 4.23. The number of ether oxygens (including phenoxy) is 1. The monoisotopic (exact) mass is 319 g/mol. The smallest absolute Gasteiger partial charge is 0.119 e. The van der Waals surface area contributed by atoms with Gasteiger partial charge in [-0.05, 0) is 42.8 Å². The van der Waals surface area contributed by atoms with Gasteiger partial charge in [-0.2, -0.15) is 0 Å². The molecule has 0 aliphatic carbocycles. The van der Waals surface area contributed by atoms with Gasteiger partial charge in [-0.15, -0.1) is 0 Å². The predicted molar refractivity (Wildman–Crippen MR) is 78.9 cm³/mol. The summed E-state index contributed by atoms with van der Waals surface area (Å²) in [5, 5.41) is 11.9. The van der Waals surface area contributed by atoms with Gasteiger partial charge in [0.05, 0.1) is 5.71 Å². The van der Waals surface area contributed by atoms with E-state index < -0.39 is 0 Å². The fraction of sp³-hybridized carbons (Fsp3) is 0.133. The Kier molecular flexibility index (Phi) is 4.58. The second-order valence-electron chi connectivity index (χ2n) is 4.09. The van der Waals surface area contributed by atoms with E-state index >= 15 is 0 Å². The topological polar surface area (TPSA) is 41.8 Å². The van der Waals surface area contributed by atoms with E-state index in [-0.39, 0.29) is 0 Å². The molecule has 0 saturated carbocycles. The zero-order chi connectivity index (χ0) is 13.7. The molecular formula is C15H14BrNO2. The van der Waals surface area contributed by atoms with E-state index in [9.17, 15) is 0 Å². The van der Waals surface area contributed by atoms with E-state index in [1.807, 2.05) is 48.5 Å². The van der Waals surface area contributed by atoms with Crippen LogP contribution in [0, 0.1) is 0 Å². The molecule has 2 rings (SSSR count). The van der Waals surface area contributed by atoms with Crippen LogP contribution in [0.15, 0.2) is 58.2 Å². The van der Waals surface area contributed by atoms with Crippen LogP contribution in [-0.4, -0.2) is 10.9 Å². The summed E-state index contributed by atoms with van der Waals surface area (Å²) in [5.74, 6) is 0.783. The Bertz CT molecular complexity index is 579. The highest BCUT2D eigenvalue weighted by molar-refractivity contribution is 9.10. The molecule has 1 N–H and O–H groups in total. The molecule has 0 amide bonds. The number of halogens is 1. The maximum atomic E-state index is 8.69. The third-order valence-corrected chi connectivity index (χ3v) is 3.55. The van der Waals surface area contributed by atoms with Crippen molar-refractivity contribution in [1.82, 2.24) is 0 Å². The largest absolute Gasteiger partial charge is 0.489 e. The minimum atomic E-state index is 0.508. The summed E-state index contributed by atoms with van der Waals surface area (Å²) in [6.07, 6.45) is 0. The highest BCUT2D eigenvalue weighted by Gasteiger charge is 2.01. The first-order chi connectivity index (χ1) is 9.20. The van der Waals surface area contributed by atoms with Crippen LogP contribution in [0.2, 0.25) is 0 Å². The molecule has 2 aromatic carbocycles. The van der Waals surface area contributed by atoms with Crippen LogP contribution in [0.1, 0.15) is 18.1 Å². The number of oxime groups is 1. The zero-order valence-electron chi connectivity index (χ0n) is 10.5. The number of hydrogen-bond donors (Lipinski definition) is 1. The van der Waals surface area contributed by atoms with Gasteiger partial charge in [-0.3, -0.25) is 0 Å². The fourth-order valence-corrected chi connectivity index (χ4v) is 2.03. The minimum absolute atomic E-state index is 0.508. The third-order valence-electron chi connectivity index (χ3n) is 2.77. The Morgan fingerprint density at radius 1 is 1.16 bits per heavy atom. The van der Waals surface area contributed by atoms with E-state index in [0.717, 1.165) is 21.3 Å². The summed E-state index contributed by atoms with van der Waals surface area (Å²) in [6, 6.07) is 15.4. The molecule has 0 spiro atoms. The molecule has 3 nitrogen and oxygen atoms in total. The zero-order valence-corrected chi connectivity index (χ0v) is 12.1. The van der Waals surface area contributed by atoms with Crippen LogP contribution in [0.25, 0.3) is 0 Å². The molecule has 0 fully saturated rings. The van der Waals surface area contributed by atoms with Crippen LogP contribution >= 0.6 is 15.9 Å². The molecule has 0 unspecified atom stereocenters. The Labute approximate surface area is 120 Å². The molecule has 4 heteroatoms. The van der Waals surface area contributed by atoms with Gasteiger partial charge in [0.25, 0.3) is 0 Å². The number of benzene rings is 2. The Morgan fingerprint density at radius 2 is 1.84 bits per heavy atom.